The molecule has 2 aromatic rings. The van der Waals surface area contributed by atoms with Crippen molar-refractivity contribution in [3.8, 4) is 5.69 Å². The quantitative estimate of drug-likeness (QED) is 0.652. The van der Waals surface area contributed by atoms with Crippen LogP contribution in [-0.4, -0.2) is 26.7 Å². The molecular formula is C22H26N2O2S. The largest absolute Gasteiger partial charge is 0.318 e. The molecule has 1 aliphatic rings. The Labute approximate surface area is 165 Å². The molecule has 0 bridgehead atoms. The number of amides is 2. The van der Waals surface area contributed by atoms with Gasteiger partial charge in [0.25, 0.3) is 11.1 Å². The van der Waals surface area contributed by atoms with E-state index >= 15 is 0 Å². The van der Waals surface area contributed by atoms with E-state index in [-0.39, 0.29) is 17.2 Å². The van der Waals surface area contributed by atoms with Crippen molar-refractivity contribution < 1.29 is 9.59 Å². The van der Waals surface area contributed by atoms with Crippen LogP contribution >= 0.6 is 11.8 Å². The molecule has 1 atom stereocenters. The molecule has 0 spiro atoms. The van der Waals surface area contributed by atoms with Gasteiger partial charge in [0.05, 0.1) is 4.91 Å². The molecule has 1 aliphatic heterocycles. The molecule has 0 aliphatic carbocycles. The van der Waals surface area contributed by atoms with Gasteiger partial charge < -0.3 is 4.57 Å². The van der Waals surface area contributed by atoms with E-state index in [4.69, 9.17) is 0 Å². The Morgan fingerprint density at radius 1 is 1.07 bits per heavy atom. The lowest BCUT2D eigenvalue weighted by atomic mass is 10.1. The van der Waals surface area contributed by atoms with Crippen LogP contribution < -0.4 is 0 Å². The predicted octanol–water partition coefficient (Wildman–Crippen LogP) is 5.55. The summed E-state index contributed by atoms with van der Waals surface area (Å²) >= 11 is 1.03. The summed E-state index contributed by atoms with van der Waals surface area (Å²) in [4.78, 5) is 26.8. The topological polar surface area (TPSA) is 42.3 Å². The van der Waals surface area contributed by atoms with Crippen LogP contribution in [0.3, 0.4) is 0 Å². The third-order valence-corrected chi connectivity index (χ3v) is 6.24. The van der Waals surface area contributed by atoms with Crippen molar-refractivity contribution in [2.45, 2.75) is 54.0 Å². The second-order valence-electron chi connectivity index (χ2n) is 7.24. The SMILES string of the molecule is CC[C@H](C)N1C(=O)S/C(=C/c2cc(C)n(-c3ccc(C)c(C)c3)c2C)C1=O. The Morgan fingerprint density at radius 3 is 2.41 bits per heavy atom. The number of carbonyl (C=O) groups excluding carboxylic acids is 2. The Bertz CT molecular complexity index is 955. The highest BCUT2D eigenvalue weighted by Crippen LogP contribution is 2.35. The second kappa shape index (κ2) is 7.39. The maximum atomic E-state index is 12.7. The first-order valence-corrected chi connectivity index (χ1v) is 10.1. The van der Waals surface area contributed by atoms with Gasteiger partial charge in [0.2, 0.25) is 0 Å². The van der Waals surface area contributed by atoms with E-state index in [1.165, 1.54) is 16.0 Å². The van der Waals surface area contributed by atoms with Crippen molar-refractivity contribution in [3.63, 3.8) is 0 Å². The first kappa shape index (κ1) is 19.5. The maximum Gasteiger partial charge on any atom is 0.293 e. The van der Waals surface area contributed by atoms with Gasteiger partial charge in [-0.1, -0.05) is 13.0 Å². The molecular weight excluding hydrogens is 356 g/mol. The van der Waals surface area contributed by atoms with E-state index in [9.17, 15) is 9.59 Å². The molecule has 142 valence electrons. The van der Waals surface area contributed by atoms with Gasteiger partial charge in [-0.3, -0.25) is 14.5 Å². The van der Waals surface area contributed by atoms with E-state index in [0.29, 0.717) is 4.91 Å². The number of thioether (sulfide) groups is 1. The number of hydrogen-bond donors (Lipinski definition) is 0. The average molecular weight is 383 g/mol. The summed E-state index contributed by atoms with van der Waals surface area (Å²) in [6.07, 6.45) is 2.61. The third-order valence-electron chi connectivity index (χ3n) is 5.36. The van der Waals surface area contributed by atoms with E-state index in [0.717, 1.165) is 40.8 Å². The smallest absolute Gasteiger partial charge is 0.293 e. The number of imide groups is 1. The van der Waals surface area contributed by atoms with Crippen molar-refractivity contribution in [3.05, 3.63) is 57.2 Å². The van der Waals surface area contributed by atoms with Crippen LogP contribution in [0.15, 0.2) is 29.2 Å². The van der Waals surface area contributed by atoms with Crippen molar-refractivity contribution >= 4 is 29.0 Å². The Kier molecular flexibility index (Phi) is 5.33. The molecule has 2 heterocycles. The number of aryl methyl sites for hydroxylation is 3. The third kappa shape index (κ3) is 3.48. The zero-order chi connectivity index (χ0) is 19.9. The molecule has 1 fully saturated rings. The number of benzene rings is 1. The fourth-order valence-electron chi connectivity index (χ4n) is 3.38. The second-order valence-corrected chi connectivity index (χ2v) is 8.23. The van der Waals surface area contributed by atoms with Crippen molar-refractivity contribution in [2.24, 2.45) is 0 Å². The fraction of sp³-hybridized carbons (Fsp3) is 0.364. The molecule has 1 aromatic heterocycles. The molecule has 0 N–H and O–H groups in total. The lowest BCUT2D eigenvalue weighted by Gasteiger charge is -2.19. The highest BCUT2D eigenvalue weighted by atomic mass is 32.2. The van der Waals surface area contributed by atoms with Crippen molar-refractivity contribution in [1.82, 2.24) is 9.47 Å². The van der Waals surface area contributed by atoms with Gasteiger partial charge in [0.1, 0.15) is 0 Å². The minimum Gasteiger partial charge on any atom is -0.318 e. The summed E-state index contributed by atoms with van der Waals surface area (Å²) in [7, 11) is 0. The number of nitrogens with zero attached hydrogens (tertiary/aromatic N) is 2. The Balaban J connectivity index is 2.00. The molecule has 0 radical (unpaired) electrons. The highest BCUT2D eigenvalue weighted by molar-refractivity contribution is 8.18. The first-order chi connectivity index (χ1) is 12.7. The summed E-state index contributed by atoms with van der Waals surface area (Å²) in [5.41, 5.74) is 6.76. The molecule has 5 heteroatoms. The number of hydrogen-bond acceptors (Lipinski definition) is 3. The summed E-state index contributed by atoms with van der Waals surface area (Å²) in [6.45, 7) is 12.2. The van der Waals surface area contributed by atoms with E-state index < -0.39 is 0 Å². The Morgan fingerprint density at radius 2 is 1.78 bits per heavy atom. The summed E-state index contributed by atoms with van der Waals surface area (Å²) in [5.74, 6) is -0.185. The molecule has 2 amide bonds. The van der Waals surface area contributed by atoms with Gasteiger partial charge in [-0.25, -0.2) is 0 Å². The average Bonchev–Trinajstić information content (AvgIpc) is 3.05. The zero-order valence-electron chi connectivity index (χ0n) is 16.8. The Hall–Kier alpha value is -2.27. The van der Waals surface area contributed by atoms with Gasteiger partial charge in [-0.2, -0.15) is 0 Å². The molecule has 3 rings (SSSR count). The van der Waals surface area contributed by atoms with Gasteiger partial charge >= 0.3 is 0 Å². The van der Waals surface area contributed by atoms with E-state index in [1.54, 1.807) is 0 Å². The van der Waals surface area contributed by atoms with Gasteiger partial charge in [-0.15, -0.1) is 0 Å². The van der Waals surface area contributed by atoms with Crippen LogP contribution in [0.25, 0.3) is 11.8 Å². The van der Waals surface area contributed by atoms with Crippen molar-refractivity contribution in [1.29, 1.82) is 0 Å². The van der Waals surface area contributed by atoms with Gasteiger partial charge in [-0.05, 0) is 93.8 Å². The van der Waals surface area contributed by atoms with Crippen LogP contribution in [0.2, 0.25) is 0 Å². The van der Waals surface area contributed by atoms with Gasteiger partial charge in [0, 0.05) is 23.1 Å². The van der Waals surface area contributed by atoms with Crippen LogP contribution in [0.5, 0.6) is 0 Å². The van der Waals surface area contributed by atoms with Crippen LogP contribution in [0.1, 0.15) is 48.3 Å². The molecule has 0 unspecified atom stereocenters. The highest BCUT2D eigenvalue weighted by Gasteiger charge is 2.37. The lowest BCUT2D eigenvalue weighted by molar-refractivity contribution is -0.124. The van der Waals surface area contributed by atoms with E-state index in [2.05, 4.69) is 49.6 Å². The van der Waals surface area contributed by atoms with E-state index in [1.807, 2.05) is 26.8 Å². The number of carbonyl (C=O) groups is 2. The predicted molar refractivity (Wildman–Crippen MR) is 112 cm³/mol. The lowest BCUT2D eigenvalue weighted by Crippen LogP contribution is -2.36. The van der Waals surface area contributed by atoms with Crippen LogP contribution in [-0.2, 0) is 4.79 Å². The van der Waals surface area contributed by atoms with Gasteiger partial charge in [0.15, 0.2) is 0 Å². The molecule has 1 aromatic carbocycles. The monoisotopic (exact) mass is 382 g/mol. The number of rotatable bonds is 4. The van der Waals surface area contributed by atoms with Crippen molar-refractivity contribution in [2.75, 3.05) is 0 Å². The fourth-order valence-corrected chi connectivity index (χ4v) is 4.30. The molecule has 4 nitrogen and oxygen atoms in total. The molecule has 27 heavy (non-hydrogen) atoms. The minimum absolute atomic E-state index is 0.0774. The first-order valence-electron chi connectivity index (χ1n) is 9.28. The molecule has 1 saturated heterocycles. The van der Waals surface area contributed by atoms with Crippen LogP contribution in [0, 0.1) is 27.7 Å². The summed E-state index contributed by atoms with van der Waals surface area (Å²) < 4.78 is 2.19. The summed E-state index contributed by atoms with van der Waals surface area (Å²) in [6, 6.07) is 8.41. The number of aromatic nitrogens is 1. The van der Waals surface area contributed by atoms with Crippen LogP contribution in [0.4, 0.5) is 4.79 Å². The molecule has 0 saturated carbocycles. The maximum absolute atomic E-state index is 12.7. The standard InChI is InChI=1S/C22H26N2O2S/c1-7-15(4)24-21(25)20(27-22(24)26)12-18-11-16(5)23(17(18)6)19-9-8-13(2)14(3)10-19/h8-12,15H,7H2,1-6H3/b20-12+/t15-/m0/s1. The normalized spacial score (nSPS) is 17.3. The minimum atomic E-state index is -0.185. The zero-order valence-corrected chi connectivity index (χ0v) is 17.6. The summed E-state index contributed by atoms with van der Waals surface area (Å²) in [5, 5.41) is -0.177.